The number of halogens is 1. The molecule has 4 rings (SSSR count). The highest BCUT2D eigenvalue weighted by molar-refractivity contribution is 7.15. The molecule has 130 valence electrons. The van der Waals surface area contributed by atoms with E-state index in [2.05, 4.69) is 4.98 Å². The van der Waals surface area contributed by atoms with Gasteiger partial charge in [0, 0.05) is 17.6 Å². The van der Waals surface area contributed by atoms with Crippen molar-refractivity contribution < 1.29 is 9.59 Å². The minimum Gasteiger partial charge on any atom is -0.369 e. The molecule has 1 aliphatic carbocycles. The van der Waals surface area contributed by atoms with E-state index in [1.807, 2.05) is 32.0 Å². The normalized spacial score (nSPS) is 27.2. The third kappa shape index (κ3) is 2.47. The number of fused-ring (bicyclic) bond motifs is 1. The van der Waals surface area contributed by atoms with Gasteiger partial charge in [0.1, 0.15) is 5.69 Å². The standard InChI is InChI=1S/C18H18ClN3O2S/c1-9-13-7-18(13,17(20)24)8-22(9)16(23)14-15(25-10(2)21-14)11-4-3-5-12(19)6-11/h3-6,9,13H,7-8H2,1-2H3,(H2,20,24)/t9-,13+,18-/m0/s1. The van der Waals surface area contributed by atoms with Crippen molar-refractivity contribution in [1.29, 1.82) is 0 Å². The quantitative estimate of drug-likeness (QED) is 0.895. The van der Waals surface area contributed by atoms with Gasteiger partial charge in [-0.3, -0.25) is 9.59 Å². The van der Waals surface area contributed by atoms with Gasteiger partial charge in [-0.25, -0.2) is 4.98 Å². The maximum atomic E-state index is 13.2. The molecule has 5 nitrogen and oxygen atoms in total. The molecule has 1 saturated heterocycles. The number of nitrogens with two attached hydrogens (primary N) is 1. The fourth-order valence-corrected chi connectivity index (χ4v) is 5.06. The fourth-order valence-electron chi connectivity index (χ4n) is 3.96. The molecule has 1 aliphatic heterocycles. The molecule has 1 aromatic heterocycles. The molecule has 2 aliphatic rings. The molecule has 25 heavy (non-hydrogen) atoms. The summed E-state index contributed by atoms with van der Waals surface area (Å²) in [6.07, 6.45) is 0.782. The number of benzene rings is 1. The summed E-state index contributed by atoms with van der Waals surface area (Å²) in [6.45, 7) is 4.25. The molecule has 2 fully saturated rings. The first-order valence-electron chi connectivity index (χ1n) is 8.18. The third-order valence-corrected chi connectivity index (χ3v) is 6.69. The number of rotatable bonds is 3. The number of thiazole rings is 1. The first-order chi connectivity index (χ1) is 11.8. The van der Waals surface area contributed by atoms with Crippen LogP contribution in [0.3, 0.4) is 0 Å². The van der Waals surface area contributed by atoms with Crippen LogP contribution in [-0.2, 0) is 4.79 Å². The van der Waals surface area contributed by atoms with E-state index in [4.69, 9.17) is 17.3 Å². The van der Waals surface area contributed by atoms with Gasteiger partial charge < -0.3 is 10.6 Å². The van der Waals surface area contributed by atoms with E-state index < -0.39 is 5.41 Å². The molecule has 2 heterocycles. The minimum atomic E-state index is -0.531. The summed E-state index contributed by atoms with van der Waals surface area (Å²) in [5.41, 5.74) is 6.35. The van der Waals surface area contributed by atoms with Crippen LogP contribution in [0.4, 0.5) is 0 Å². The number of amides is 2. The Morgan fingerprint density at radius 2 is 2.20 bits per heavy atom. The summed E-state index contributed by atoms with van der Waals surface area (Å²) in [4.78, 5) is 32.0. The number of aryl methyl sites for hydroxylation is 1. The van der Waals surface area contributed by atoms with Crippen LogP contribution in [0.15, 0.2) is 24.3 Å². The van der Waals surface area contributed by atoms with Crippen molar-refractivity contribution in [3.63, 3.8) is 0 Å². The maximum absolute atomic E-state index is 13.2. The molecule has 0 unspecified atom stereocenters. The van der Waals surface area contributed by atoms with Crippen LogP contribution < -0.4 is 5.73 Å². The van der Waals surface area contributed by atoms with Crippen molar-refractivity contribution in [3.05, 3.63) is 40.0 Å². The van der Waals surface area contributed by atoms with Crippen molar-refractivity contribution in [2.45, 2.75) is 26.3 Å². The Kier molecular flexibility index (Phi) is 3.67. The fraction of sp³-hybridized carbons (Fsp3) is 0.389. The van der Waals surface area contributed by atoms with Crippen LogP contribution in [-0.4, -0.2) is 34.3 Å². The topological polar surface area (TPSA) is 76.3 Å². The van der Waals surface area contributed by atoms with E-state index in [0.29, 0.717) is 17.3 Å². The molecule has 1 saturated carbocycles. The lowest BCUT2D eigenvalue weighted by molar-refractivity contribution is -0.123. The highest BCUT2D eigenvalue weighted by atomic mass is 35.5. The van der Waals surface area contributed by atoms with E-state index in [1.165, 1.54) is 11.3 Å². The van der Waals surface area contributed by atoms with Crippen molar-refractivity contribution in [2.75, 3.05) is 6.54 Å². The largest absolute Gasteiger partial charge is 0.369 e. The summed E-state index contributed by atoms with van der Waals surface area (Å²) < 4.78 is 0. The van der Waals surface area contributed by atoms with Crippen molar-refractivity contribution >= 4 is 34.8 Å². The second kappa shape index (κ2) is 5.54. The predicted molar refractivity (Wildman–Crippen MR) is 97.5 cm³/mol. The molecule has 0 radical (unpaired) electrons. The molecule has 2 N–H and O–H groups in total. The van der Waals surface area contributed by atoms with E-state index in [0.717, 1.165) is 21.9 Å². The van der Waals surface area contributed by atoms with Crippen LogP contribution in [0.2, 0.25) is 5.02 Å². The van der Waals surface area contributed by atoms with Gasteiger partial charge in [-0.1, -0.05) is 23.7 Å². The van der Waals surface area contributed by atoms with Gasteiger partial charge in [-0.15, -0.1) is 11.3 Å². The van der Waals surface area contributed by atoms with Gasteiger partial charge in [0.25, 0.3) is 5.91 Å². The molecule has 1 aromatic carbocycles. The van der Waals surface area contributed by atoms with Crippen LogP contribution in [0, 0.1) is 18.3 Å². The second-order valence-corrected chi connectivity index (χ2v) is 8.57. The van der Waals surface area contributed by atoms with Crippen LogP contribution in [0.1, 0.15) is 28.8 Å². The van der Waals surface area contributed by atoms with E-state index in [1.54, 1.807) is 11.0 Å². The predicted octanol–water partition coefficient (Wildman–Crippen LogP) is 3.11. The average Bonchev–Trinajstić information content (AvgIpc) is 3.07. The first-order valence-corrected chi connectivity index (χ1v) is 9.37. The molecular formula is C18H18ClN3O2S. The highest BCUT2D eigenvalue weighted by Crippen LogP contribution is 2.60. The molecular weight excluding hydrogens is 358 g/mol. The van der Waals surface area contributed by atoms with Gasteiger partial charge in [0.15, 0.2) is 0 Å². The number of primary amides is 1. The van der Waals surface area contributed by atoms with Gasteiger partial charge in [-0.2, -0.15) is 0 Å². The molecule has 2 amide bonds. The highest BCUT2D eigenvalue weighted by Gasteiger charge is 2.68. The Morgan fingerprint density at radius 3 is 2.84 bits per heavy atom. The molecule has 0 bridgehead atoms. The Balaban J connectivity index is 1.69. The molecule has 3 atom stereocenters. The van der Waals surface area contributed by atoms with Gasteiger partial charge in [-0.05, 0) is 43.9 Å². The lowest BCUT2D eigenvalue weighted by Crippen LogP contribution is -2.39. The summed E-state index contributed by atoms with van der Waals surface area (Å²) in [7, 11) is 0. The summed E-state index contributed by atoms with van der Waals surface area (Å²) in [5.74, 6) is -0.271. The Bertz CT molecular complexity index is 896. The molecule has 2 aromatic rings. The smallest absolute Gasteiger partial charge is 0.274 e. The number of hydrogen-bond donors (Lipinski definition) is 1. The van der Waals surface area contributed by atoms with E-state index >= 15 is 0 Å². The first kappa shape index (κ1) is 16.5. The maximum Gasteiger partial charge on any atom is 0.274 e. The van der Waals surface area contributed by atoms with Gasteiger partial charge >= 0.3 is 0 Å². The van der Waals surface area contributed by atoms with E-state index in [9.17, 15) is 9.59 Å². The third-order valence-electron chi connectivity index (χ3n) is 5.44. The van der Waals surface area contributed by atoms with Crippen LogP contribution >= 0.6 is 22.9 Å². The average molecular weight is 376 g/mol. The van der Waals surface area contributed by atoms with Crippen molar-refractivity contribution in [1.82, 2.24) is 9.88 Å². The number of piperidine rings is 1. The zero-order valence-corrected chi connectivity index (χ0v) is 15.5. The van der Waals surface area contributed by atoms with E-state index in [-0.39, 0.29) is 23.8 Å². The number of carbonyl (C=O) groups is 2. The zero-order valence-electron chi connectivity index (χ0n) is 14.0. The summed E-state index contributed by atoms with van der Waals surface area (Å²) >= 11 is 7.57. The van der Waals surface area contributed by atoms with Crippen LogP contribution in [0.5, 0.6) is 0 Å². The number of nitrogens with zero attached hydrogens (tertiary/aromatic N) is 2. The van der Waals surface area contributed by atoms with Crippen molar-refractivity contribution in [3.8, 4) is 10.4 Å². The monoisotopic (exact) mass is 375 g/mol. The number of aromatic nitrogens is 1. The van der Waals surface area contributed by atoms with Crippen molar-refractivity contribution in [2.24, 2.45) is 17.1 Å². The lowest BCUT2D eigenvalue weighted by atomic mass is 10.1. The number of carbonyl (C=O) groups excluding carboxylic acids is 2. The molecule has 0 spiro atoms. The van der Waals surface area contributed by atoms with Gasteiger partial charge in [0.05, 0.1) is 15.3 Å². The number of hydrogen-bond acceptors (Lipinski definition) is 4. The Hall–Kier alpha value is -1.92. The molecule has 7 heteroatoms. The second-order valence-electron chi connectivity index (χ2n) is 6.93. The minimum absolute atomic E-state index is 0.00535. The zero-order chi connectivity index (χ0) is 17.9. The number of likely N-dealkylation sites (tertiary alicyclic amines) is 1. The summed E-state index contributed by atoms with van der Waals surface area (Å²) in [5, 5.41) is 1.44. The van der Waals surface area contributed by atoms with Crippen LogP contribution in [0.25, 0.3) is 10.4 Å². The SMILES string of the molecule is Cc1nc(C(=O)N2C[C@@]3(C(N)=O)C[C@@H]3[C@@H]2C)c(-c2cccc(Cl)c2)s1. The van der Waals surface area contributed by atoms with Gasteiger partial charge in [0.2, 0.25) is 5.91 Å². The summed E-state index contributed by atoms with van der Waals surface area (Å²) in [6, 6.07) is 7.41. The Labute approximate surface area is 154 Å². The Morgan fingerprint density at radius 1 is 1.44 bits per heavy atom. The lowest BCUT2D eigenvalue weighted by Gasteiger charge is -2.24.